The van der Waals surface area contributed by atoms with Crippen LogP contribution in [0.25, 0.3) is 0 Å². The average Bonchev–Trinajstić information content (AvgIpc) is 2.27. The second-order valence-electron chi connectivity index (χ2n) is 2.13. The van der Waals surface area contributed by atoms with Crippen LogP contribution in [0.15, 0.2) is 40.0 Å². The van der Waals surface area contributed by atoms with Gasteiger partial charge in [0.2, 0.25) is 0 Å². The van der Waals surface area contributed by atoms with Crippen LogP contribution in [-0.2, 0) is 0 Å². The maximum absolute atomic E-state index is 11.2. The van der Waals surface area contributed by atoms with Gasteiger partial charge in [-0.1, -0.05) is 24.1 Å². The fraction of sp³-hybridized carbons (Fsp3) is 0.100. The predicted molar refractivity (Wildman–Crippen MR) is 52.3 cm³/mol. The number of rotatable bonds is 2. The molecule has 0 spiro atoms. The van der Waals surface area contributed by atoms with Crippen molar-refractivity contribution in [3.63, 3.8) is 0 Å². The summed E-state index contributed by atoms with van der Waals surface area (Å²) >= 11 is 1.39. The number of thioether (sulfide) groups is 1. The minimum atomic E-state index is 0.0280. The van der Waals surface area contributed by atoms with Crippen molar-refractivity contribution in [3.05, 3.63) is 40.6 Å². The molecule has 0 fully saturated rings. The Labute approximate surface area is 75.8 Å². The molecule has 1 nitrogen and oxygen atoms in total. The summed E-state index contributed by atoms with van der Waals surface area (Å²) in [4.78, 5) is 11.9. The molecule has 0 aliphatic rings. The molecule has 0 bridgehead atoms. The SMILES string of the molecule is C#CCSc1cccccc1=O. The summed E-state index contributed by atoms with van der Waals surface area (Å²) in [5, 5.41) is 0. The number of hydrogen-bond donors (Lipinski definition) is 0. The van der Waals surface area contributed by atoms with E-state index >= 15 is 0 Å². The van der Waals surface area contributed by atoms with Gasteiger partial charge in [0.15, 0.2) is 5.43 Å². The molecule has 2 heteroatoms. The van der Waals surface area contributed by atoms with Gasteiger partial charge in [0, 0.05) is 0 Å². The molecule has 0 atom stereocenters. The summed E-state index contributed by atoms with van der Waals surface area (Å²) in [5.74, 6) is 3.02. The van der Waals surface area contributed by atoms with Crippen molar-refractivity contribution in [2.24, 2.45) is 0 Å². The van der Waals surface area contributed by atoms with Gasteiger partial charge in [0.1, 0.15) is 0 Å². The first-order valence-corrected chi connectivity index (χ1v) is 4.49. The fourth-order valence-electron chi connectivity index (χ4n) is 0.753. The molecule has 0 saturated carbocycles. The van der Waals surface area contributed by atoms with Crippen molar-refractivity contribution >= 4 is 11.8 Å². The molecular formula is C10H8OS. The molecule has 1 aromatic carbocycles. The molecule has 12 heavy (non-hydrogen) atoms. The van der Waals surface area contributed by atoms with E-state index in [0.29, 0.717) is 10.6 Å². The topological polar surface area (TPSA) is 17.1 Å². The van der Waals surface area contributed by atoms with E-state index in [-0.39, 0.29) is 5.43 Å². The summed E-state index contributed by atoms with van der Waals surface area (Å²) in [6.45, 7) is 0. The largest absolute Gasteiger partial charge is 0.289 e. The lowest BCUT2D eigenvalue weighted by Gasteiger charge is -1.89. The van der Waals surface area contributed by atoms with E-state index in [1.807, 2.05) is 12.1 Å². The van der Waals surface area contributed by atoms with E-state index in [4.69, 9.17) is 6.42 Å². The molecule has 1 rings (SSSR count). The van der Waals surface area contributed by atoms with Crippen molar-refractivity contribution < 1.29 is 0 Å². The van der Waals surface area contributed by atoms with Crippen LogP contribution >= 0.6 is 11.8 Å². The fourth-order valence-corrected chi connectivity index (χ4v) is 1.38. The highest BCUT2D eigenvalue weighted by atomic mass is 32.2. The molecule has 0 aromatic heterocycles. The van der Waals surface area contributed by atoms with Gasteiger partial charge in [-0.15, -0.1) is 18.2 Å². The molecular weight excluding hydrogens is 168 g/mol. The van der Waals surface area contributed by atoms with Crippen molar-refractivity contribution in [1.29, 1.82) is 0 Å². The summed E-state index contributed by atoms with van der Waals surface area (Å²) in [7, 11) is 0. The highest BCUT2D eigenvalue weighted by Gasteiger charge is 1.93. The van der Waals surface area contributed by atoms with Crippen LogP contribution < -0.4 is 5.43 Å². The van der Waals surface area contributed by atoms with Gasteiger partial charge >= 0.3 is 0 Å². The molecule has 1 aromatic rings. The third-order valence-electron chi connectivity index (χ3n) is 1.27. The van der Waals surface area contributed by atoms with Crippen LogP contribution in [0.5, 0.6) is 0 Å². The highest BCUT2D eigenvalue weighted by Crippen LogP contribution is 2.10. The first kappa shape index (κ1) is 8.89. The van der Waals surface area contributed by atoms with Crippen molar-refractivity contribution in [2.75, 3.05) is 5.75 Å². The Morgan fingerprint density at radius 2 is 2.08 bits per heavy atom. The third-order valence-corrected chi connectivity index (χ3v) is 2.23. The van der Waals surface area contributed by atoms with Crippen molar-refractivity contribution in [3.8, 4) is 12.3 Å². The maximum Gasteiger partial charge on any atom is 0.192 e. The molecule has 0 aliphatic heterocycles. The van der Waals surface area contributed by atoms with Crippen LogP contribution in [0.3, 0.4) is 0 Å². The summed E-state index contributed by atoms with van der Waals surface area (Å²) < 4.78 is 0. The van der Waals surface area contributed by atoms with Gasteiger partial charge < -0.3 is 0 Å². The maximum atomic E-state index is 11.2. The molecule has 0 amide bonds. The zero-order chi connectivity index (χ0) is 8.81. The zero-order valence-electron chi connectivity index (χ0n) is 6.49. The Morgan fingerprint density at radius 1 is 1.33 bits per heavy atom. The molecule has 0 saturated heterocycles. The summed E-state index contributed by atoms with van der Waals surface area (Å²) in [5.41, 5.74) is 0.0280. The normalized spacial score (nSPS) is 8.92. The quantitative estimate of drug-likeness (QED) is 0.504. The lowest BCUT2D eigenvalue weighted by Crippen LogP contribution is -1.96. The standard InChI is InChI=1S/C10H8OS/c1-2-8-12-10-7-5-3-4-6-9(10)11/h1,3-7H,8H2. The van der Waals surface area contributed by atoms with Gasteiger partial charge in [-0.05, 0) is 12.1 Å². The summed E-state index contributed by atoms with van der Waals surface area (Å²) in [6, 6.07) is 8.70. The molecule has 60 valence electrons. The van der Waals surface area contributed by atoms with Gasteiger partial charge in [-0.25, -0.2) is 0 Å². The lowest BCUT2D eigenvalue weighted by atomic mass is 10.5. The Balaban J connectivity index is 2.95. The van der Waals surface area contributed by atoms with E-state index in [0.717, 1.165) is 0 Å². The van der Waals surface area contributed by atoms with Gasteiger partial charge in [0.05, 0.1) is 10.6 Å². The lowest BCUT2D eigenvalue weighted by molar-refractivity contribution is 1.41. The predicted octanol–water partition coefficient (Wildman–Crippen LogP) is 1.77. The van der Waals surface area contributed by atoms with E-state index in [1.54, 1.807) is 18.2 Å². The molecule has 0 aliphatic carbocycles. The third kappa shape index (κ3) is 2.44. The van der Waals surface area contributed by atoms with E-state index in [9.17, 15) is 4.79 Å². The van der Waals surface area contributed by atoms with Gasteiger partial charge in [-0.2, -0.15) is 0 Å². The van der Waals surface area contributed by atoms with Crippen molar-refractivity contribution in [2.45, 2.75) is 4.90 Å². The molecule has 0 heterocycles. The molecule has 0 N–H and O–H groups in total. The van der Waals surface area contributed by atoms with Gasteiger partial charge in [0.25, 0.3) is 0 Å². The van der Waals surface area contributed by atoms with E-state index in [2.05, 4.69) is 5.92 Å². The average molecular weight is 176 g/mol. The minimum absolute atomic E-state index is 0.0280. The Morgan fingerprint density at radius 3 is 2.83 bits per heavy atom. The first-order chi connectivity index (χ1) is 5.84. The van der Waals surface area contributed by atoms with E-state index in [1.165, 1.54) is 11.8 Å². The Bertz CT molecular complexity index is 352. The highest BCUT2D eigenvalue weighted by molar-refractivity contribution is 7.99. The molecule has 0 radical (unpaired) electrons. The monoisotopic (exact) mass is 176 g/mol. The van der Waals surface area contributed by atoms with Crippen LogP contribution in [-0.4, -0.2) is 5.75 Å². The smallest absolute Gasteiger partial charge is 0.192 e. The van der Waals surface area contributed by atoms with E-state index < -0.39 is 0 Å². The van der Waals surface area contributed by atoms with Crippen LogP contribution in [0.1, 0.15) is 0 Å². The van der Waals surface area contributed by atoms with Crippen LogP contribution in [0.2, 0.25) is 0 Å². The zero-order valence-corrected chi connectivity index (χ0v) is 7.30. The Hall–Kier alpha value is -1.20. The van der Waals surface area contributed by atoms with Gasteiger partial charge in [-0.3, -0.25) is 4.79 Å². The first-order valence-electron chi connectivity index (χ1n) is 3.50. The second-order valence-corrected chi connectivity index (χ2v) is 3.15. The van der Waals surface area contributed by atoms with Crippen molar-refractivity contribution in [1.82, 2.24) is 0 Å². The molecule has 0 unspecified atom stereocenters. The summed E-state index contributed by atoms with van der Waals surface area (Å²) in [6.07, 6.45) is 5.08. The second kappa shape index (κ2) is 4.63. The Kier molecular flexibility index (Phi) is 3.43. The van der Waals surface area contributed by atoms with Crippen LogP contribution in [0.4, 0.5) is 0 Å². The number of hydrogen-bond acceptors (Lipinski definition) is 2. The number of terminal acetylenes is 1. The van der Waals surface area contributed by atoms with Crippen LogP contribution in [0, 0.1) is 12.3 Å². The minimum Gasteiger partial charge on any atom is -0.289 e.